The SMILES string of the molecule is CCCSc1nnc(CC2CC(=O)NC(=O)N2)n1-c1ccc(F)cc1. The molecule has 9 heteroatoms. The highest BCUT2D eigenvalue weighted by Gasteiger charge is 2.26. The lowest BCUT2D eigenvalue weighted by atomic mass is 10.1. The molecule has 2 heterocycles. The molecule has 0 aliphatic carbocycles. The number of hydrogen-bond donors (Lipinski definition) is 2. The van der Waals surface area contributed by atoms with E-state index in [-0.39, 0.29) is 24.2 Å². The van der Waals surface area contributed by atoms with Crippen LogP contribution in [0.3, 0.4) is 0 Å². The molecule has 3 amide bonds. The molecule has 1 saturated heterocycles. The third-order valence-electron chi connectivity index (χ3n) is 3.67. The van der Waals surface area contributed by atoms with Crippen molar-refractivity contribution in [3.63, 3.8) is 0 Å². The Balaban J connectivity index is 1.90. The Hall–Kier alpha value is -2.42. The van der Waals surface area contributed by atoms with E-state index in [2.05, 4.69) is 27.8 Å². The molecule has 0 bridgehead atoms. The first-order valence-corrected chi connectivity index (χ1v) is 8.98. The summed E-state index contributed by atoms with van der Waals surface area (Å²) in [4.78, 5) is 23.0. The van der Waals surface area contributed by atoms with E-state index in [9.17, 15) is 14.0 Å². The van der Waals surface area contributed by atoms with Gasteiger partial charge in [0.1, 0.15) is 11.6 Å². The summed E-state index contributed by atoms with van der Waals surface area (Å²) in [6.45, 7) is 2.07. The van der Waals surface area contributed by atoms with Crippen LogP contribution in [0.4, 0.5) is 9.18 Å². The molecule has 1 unspecified atom stereocenters. The molecular formula is C16H18FN5O2S. The molecule has 0 saturated carbocycles. The van der Waals surface area contributed by atoms with Crippen LogP contribution in [-0.2, 0) is 11.2 Å². The average Bonchev–Trinajstić information content (AvgIpc) is 2.95. The van der Waals surface area contributed by atoms with E-state index in [0.29, 0.717) is 17.4 Å². The Morgan fingerprint density at radius 1 is 1.28 bits per heavy atom. The minimum absolute atomic E-state index is 0.180. The third-order valence-corrected chi connectivity index (χ3v) is 4.80. The standard InChI is InChI=1S/C16H18FN5O2S/c1-2-7-25-16-21-20-13(8-11-9-14(23)19-15(24)18-11)22(16)12-5-3-10(17)4-6-12/h3-6,11H,2,7-9H2,1H3,(H2,18,19,23,24). The highest BCUT2D eigenvalue weighted by Crippen LogP contribution is 2.24. The number of amides is 3. The average molecular weight is 363 g/mol. The number of thioether (sulfide) groups is 1. The van der Waals surface area contributed by atoms with E-state index in [1.807, 2.05) is 4.57 Å². The Labute approximate surface area is 148 Å². The Morgan fingerprint density at radius 2 is 2.04 bits per heavy atom. The highest BCUT2D eigenvalue weighted by atomic mass is 32.2. The zero-order valence-electron chi connectivity index (χ0n) is 13.7. The zero-order valence-corrected chi connectivity index (χ0v) is 14.5. The largest absolute Gasteiger partial charge is 0.334 e. The van der Waals surface area contributed by atoms with Gasteiger partial charge in [0.25, 0.3) is 0 Å². The fourth-order valence-corrected chi connectivity index (χ4v) is 3.41. The van der Waals surface area contributed by atoms with Crippen LogP contribution in [0.25, 0.3) is 5.69 Å². The first-order valence-electron chi connectivity index (χ1n) is 8.00. The van der Waals surface area contributed by atoms with E-state index in [4.69, 9.17) is 0 Å². The van der Waals surface area contributed by atoms with Gasteiger partial charge < -0.3 is 5.32 Å². The van der Waals surface area contributed by atoms with Crippen molar-refractivity contribution >= 4 is 23.7 Å². The lowest BCUT2D eigenvalue weighted by molar-refractivity contribution is -0.121. The monoisotopic (exact) mass is 363 g/mol. The van der Waals surface area contributed by atoms with Crippen molar-refractivity contribution in [2.24, 2.45) is 0 Å². The normalized spacial score (nSPS) is 17.3. The fourth-order valence-electron chi connectivity index (χ4n) is 2.59. The quantitative estimate of drug-likeness (QED) is 0.767. The Morgan fingerprint density at radius 3 is 2.72 bits per heavy atom. The minimum atomic E-state index is -0.505. The van der Waals surface area contributed by atoms with Crippen LogP contribution in [0.1, 0.15) is 25.6 Å². The molecule has 3 rings (SSSR count). The molecule has 1 aliphatic rings. The summed E-state index contributed by atoms with van der Waals surface area (Å²) in [5, 5.41) is 14.1. The summed E-state index contributed by atoms with van der Waals surface area (Å²) < 4.78 is 15.1. The number of carbonyl (C=O) groups is 2. The molecule has 25 heavy (non-hydrogen) atoms. The topological polar surface area (TPSA) is 88.9 Å². The number of nitrogens with zero attached hydrogens (tertiary/aromatic N) is 3. The summed E-state index contributed by atoms with van der Waals surface area (Å²) >= 11 is 1.56. The maximum absolute atomic E-state index is 13.3. The number of halogens is 1. The molecule has 7 nitrogen and oxygen atoms in total. The van der Waals surface area contributed by atoms with Gasteiger partial charge in [-0.2, -0.15) is 0 Å². The molecule has 1 fully saturated rings. The number of hydrogen-bond acceptors (Lipinski definition) is 5. The van der Waals surface area contributed by atoms with Crippen LogP contribution in [0.15, 0.2) is 29.4 Å². The van der Waals surface area contributed by atoms with Crippen molar-refractivity contribution in [1.82, 2.24) is 25.4 Å². The van der Waals surface area contributed by atoms with Crippen molar-refractivity contribution in [1.29, 1.82) is 0 Å². The van der Waals surface area contributed by atoms with Crippen LogP contribution in [0, 0.1) is 5.82 Å². The maximum atomic E-state index is 13.3. The molecule has 1 atom stereocenters. The molecule has 2 aromatic rings. The second-order valence-electron chi connectivity index (χ2n) is 5.69. The fraction of sp³-hybridized carbons (Fsp3) is 0.375. The van der Waals surface area contributed by atoms with Crippen molar-refractivity contribution in [3.05, 3.63) is 35.9 Å². The molecule has 2 N–H and O–H groups in total. The number of benzene rings is 1. The lowest BCUT2D eigenvalue weighted by Crippen LogP contribution is -2.53. The molecular weight excluding hydrogens is 345 g/mol. The summed E-state index contributed by atoms with van der Waals surface area (Å²) in [5.74, 6) is 0.853. The van der Waals surface area contributed by atoms with Crippen LogP contribution in [0.2, 0.25) is 0 Å². The zero-order chi connectivity index (χ0) is 17.8. The number of aromatic nitrogens is 3. The number of carbonyl (C=O) groups excluding carboxylic acids is 2. The van der Waals surface area contributed by atoms with E-state index in [1.165, 1.54) is 12.1 Å². The lowest BCUT2D eigenvalue weighted by Gasteiger charge is -2.23. The number of rotatable bonds is 6. The minimum Gasteiger partial charge on any atom is -0.334 e. The molecule has 1 aromatic carbocycles. The van der Waals surface area contributed by atoms with Gasteiger partial charge >= 0.3 is 6.03 Å². The molecule has 1 aromatic heterocycles. The predicted molar refractivity (Wildman–Crippen MR) is 91.1 cm³/mol. The summed E-state index contributed by atoms with van der Waals surface area (Å²) in [6, 6.07) is 5.21. The second-order valence-corrected chi connectivity index (χ2v) is 6.75. The van der Waals surface area contributed by atoms with Gasteiger partial charge in [-0.15, -0.1) is 10.2 Å². The number of nitrogens with one attached hydrogen (secondary N) is 2. The van der Waals surface area contributed by atoms with Gasteiger partial charge in [0.15, 0.2) is 5.16 Å². The Bertz CT molecular complexity index is 761. The maximum Gasteiger partial charge on any atom is 0.321 e. The van der Waals surface area contributed by atoms with Gasteiger partial charge in [0.05, 0.1) is 0 Å². The Kier molecular flexibility index (Phi) is 5.32. The van der Waals surface area contributed by atoms with E-state index in [1.54, 1.807) is 23.9 Å². The molecule has 132 valence electrons. The van der Waals surface area contributed by atoms with Gasteiger partial charge in [0.2, 0.25) is 5.91 Å². The van der Waals surface area contributed by atoms with Crippen molar-refractivity contribution < 1.29 is 14.0 Å². The van der Waals surface area contributed by atoms with Crippen molar-refractivity contribution in [2.45, 2.75) is 37.4 Å². The van der Waals surface area contributed by atoms with E-state index < -0.39 is 6.03 Å². The van der Waals surface area contributed by atoms with Crippen LogP contribution in [0.5, 0.6) is 0 Å². The summed E-state index contributed by atoms with van der Waals surface area (Å²) in [6.07, 6.45) is 1.52. The molecule has 0 radical (unpaired) electrons. The third kappa shape index (κ3) is 4.16. The van der Waals surface area contributed by atoms with Gasteiger partial charge in [-0.1, -0.05) is 18.7 Å². The van der Waals surface area contributed by atoms with Gasteiger partial charge in [0, 0.05) is 30.3 Å². The number of imide groups is 1. The van der Waals surface area contributed by atoms with E-state index in [0.717, 1.165) is 17.9 Å². The first-order chi connectivity index (χ1) is 12.1. The van der Waals surface area contributed by atoms with E-state index >= 15 is 0 Å². The van der Waals surface area contributed by atoms with Gasteiger partial charge in [-0.3, -0.25) is 14.7 Å². The molecule has 1 aliphatic heterocycles. The van der Waals surface area contributed by atoms with Crippen molar-refractivity contribution in [2.75, 3.05) is 5.75 Å². The second kappa shape index (κ2) is 7.64. The van der Waals surface area contributed by atoms with Crippen LogP contribution in [-0.4, -0.2) is 38.5 Å². The summed E-state index contributed by atoms with van der Waals surface area (Å²) in [5.41, 5.74) is 0.742. The molecule has 0 spiro atoms. The predicted octanol–water partition coefficient (Wildman–Crippen LogP) is 2.05. The van der Waals surface area contributed by atoms with Crippen molar-refractivity contribution in [3.8, 4) is 5.69 Å². The number of urea groups is 1. The summed E-state index contributed by atoms with van der Waals surface area (Å²) in [7, 11) is 0. The highest BCUT2D eigenvalue weighted by molar-refractivity contribution is 7.99. The smallest absolute Gasteiger partial charge is 0.321 e. The first kappa shape index (κ1) is 17.4. The van der Waals surface area contributed by atoms with Crippen LogP contribution >= 0.6 is 11.8 Å². The van der Waals surface area contributed by atoms with Gasteiger partial charge in [-0.05, 0) is 30.7 Å². The van der Waals surface area contributed by atoms with Gasteiger partial charge in [-0.25, -0.2) is 9.18 Å². The van der Waals surface area contributed by atoms with Crippen LogP contribution < -0.4 is 10.6 Å².